The molecule has 1 saturated heterocycles. The van der Waals surface area contributed by atoms with Gasteiger partial charge in [0.05, 0.1) is 36.9 Å². The van der Waals surface area contributed by atoms with Crippen molar-refractivity contribution >= 4 is 73.7 Å². The second-order valence-corrected chi connectivity index (χ2v) is 20.9. The Morgan fingerprint density at radius 2 is 1.44 bits per heavy atom. The predicted octanol–water partition coefficient (Wildman–Crippen LogP) is 0.675. The fourth-order valence-corrected chi connectivity index (χ4v) is 10.4. The van der Waals surface area contributed by atoms with E-state index in [1.807, 2.05) is 60.7 Å². The van der Waals surface area contributed by atoms with Gasteiger partial charge in [0.2, 0.25) is 35.4 Å². The Kier molecular flexibility index (Phi) is 22.1. The average molecular weight is 1030 g/mol. The maximum atomic E-state index is 14.8. The van der Waals surface area contributed by atoms with Gasteiger partial charge in [-0.05, 0) is 82.2 Å². The van der Waals surface area contributed by atoms with Crippen LogP contribution in [0.1, 0.15) is 63.1 Å². The first-order valence-corrected chi connectivity index (χ1v) is 26.6. The van der Waals surface area contributed by atoms with E-state index in [1.54, 1.807) is 30.5 Å². The number of carbonyl (C=O) groups is 7. The molecule has 5 rings (SSSR count). The van der Waals surface area contributed by atoms with E-state index < -0.39 is 114 Å². The molecule has 10 atom stereocenters. The van der Waals surface area contributed by atoms with Crippen molar-refractivity contribution in [2.45, 2.75) is 120 Å². The fourth-order valence-electron chi connectivity index (χ4n) is 8.07. The third-order valence-electron chi connectivity index (χ3n) is 12.8. The molecule has 0 aliphatic carbocycles. The van der Waals surface area contributed by atoms with Crippen molar-refractivity contribution in [1.29, 1.82) is 0 Å². The van der Waals surface area contributed by atoms with Gasteiger partial charge in [-0.1, -0.05) is 100 Å². The third kappa shape index (κ3) is 16.4. The number of aromatic nitrogens is 1. The summed E-state index contributed by atoms with van der Waals surface area (Å²) in [5, 5.41) is 48.4. The standard InChI is InChI=1S/C51H69N9O10S2/c1-30(62)41(27-61)57-48(68)43-29-72-71-28-42(58-46(66)37(53)23-33-16-8-5-9-17-33)44(64)25-34(22-32-14-6-4-7-15-32)45(65)56-40(24-35-26-54-38-19-11-10-18-36(35)38)47(67)55-39(20-12-13-21-52)49(69)60-51(3,31(2)63)50(70)59-43/h4-11,14-19,26,30-31,34,37,39-43,54,61-63H,12-13,20-25,27-29,52-53H2,1-3H3,(H,55,67)(H,56,65)(H,57,68)(H,58,66)(H,59,70)(H,60,69)/t30-,31?,34-,37-,39+,40-,41-,42+,43+,51+/m1/s1. The van der Waals surface area contributed by atoms with Crippen molar-refractivity contribution < 1.29 is 48.9 Å². The molecule has 390 valence electrons. The van der Waals surface area contributed by atoms with Crippen LogP contribution in [0, 0.1) is 5.92 Å². The van der Waals surface area contributed by atoms with Gasteiger partial charge in [0.15, 0.2) is 5.78 Å². The number of benzene rings is 3. The van der Waals surface area contributed by atoms with E-state index in [9.17, 15) is 48.9 Å². The number of aliphatic hydroxyl groups is 3. The quantitative estimate of drug-likeness (QED) is 0.0512. The van der Waals surface area contributed by atoms with Crippen LogP contribution in [0.5, 0.6) is 0 Å². The van der Waals surface area contributed by atoms with E-state index in [4.69, 9.17) is 11.5 Å². The molecule has 19 nitrogen and oxygen atoms in total. The summed E-state index contributed by atoms with van der Waals surface area (Å²) < 4.78 is 0. The number of Topliss-reactive ketones (excluding diaryl/α,β-unsaturated/α-hetero) is 1. The van der Waals surface area contributed by atoms with Crippen molar-refractivity contribution in [3.05, 3.63) is 108 Å². The zero-order chi connectivity index (χ0) is 52.4. The number of unbranched alkanes of at least 4 members (excludes halogenated alkanes) is 1. The summed E-state index contributed by atoms with van der Waals surface area (Å²) in [5.41, 5.74) is 13.0. The van der Waals surface area contributed by atoms with Gasteiger partial charge in [-0.25, -0.2) is 0 Å². The summed E-state index contributed by atoms with van der Waals surface area (Å²) in [5.74, 6) is -6.60. The number of rotatable bonds is 17. The van der Waals surface area contributed by atoms with Crippen LogP contribution in [0.4, 0.5) is 0 Å². The summed E-state index contributed by atoms with van der Waals surface area (Å²) in [4.78, 5) is 104. The Morgan fingerprint density at radius 3 is 2.10 bits per heavy atom. The lowest BCUT2D eigenvalue weighted by atomic mass is 9.90. The van der Waals surface area contributed by atoms with E-state index in [-0.39, 0.29) is 43.7 Å². The summed E-state index contributed by atoms with van der Waals surface area (Å²) >= 11 is 0. The highest BCUT2D eigenvalue weighted by atomic mass is 33.1. The maximum Gasteiger partial charge on any atom is 0.248 e. The monoisotopic (exact) mass is 1030 g/mol. The molecule has 0 saturated carbocycles. The molecule has 0 spiro atoms. The molecule has 3 aromatic carbocycles. The number of carbonyl (C=O) groups excluding carboxylic acids is 7. The minimum Gasteiger partial charge on any atom is -0.394 e. The molecule has 4 aromatic rings. The Hall–Kier alpha value is -5.81. The van der Waals surface area contributed by atoms with E-state index in [0.29, 0.717) is 18.4 Å². The van der Waals surface area contributed by atoms with E-state index in [0.717, 1.165) is 43.6 Å². The first kappa shape index (κ1) is 57.1. The van der Waals surface area contributed by atoms with Crippen molar-refractivity contribution in [2.75, 3.05) is 24.7 Å². The number of hydrogen-bond donors (Lipinski definition) is 12. The zero-order valence-corrected chi connectivity index (χ0v) is 42.4. The molecule has 1 unspecified atom stereocenters. The van der Waals surface area contributed by atoms with Gasteiger partial charge in [-0.15, -0.1) is 0 Å². The van der Waals surface area contributed by atoms with E-state index >= 15 is 0 Å². The van der Waals surface area contributed by atoms with Crippen LogP contribution in [-0.2, 0) is 52.8 Å². The lowest BCUT2D eigenvalue weighted by Gasteiger charge is -2.35. The SMILES string of the molecule is CC(O)[C@]1(C)NC(=O)[C@H](CCCCN)NC(=O)[C@@H](Cc2c[nH]c3ccccc23)NC(=O)[C@H](Cc2ccccc2)CC(=O)[C@@H](NC(=O)[C@H](N)Cc2ccccc2)CSSC[C@@H](C(=O)N[C@H](CO)[C@@H](C)O)NC1=O. The van der Waals surface area contributed by atoms with Crippen molar-refractivity contribution in [2.24, 2.45) is 17.4 Å². The third-order valence-corrected chi connectivity index (χ3v) is 15.2. The smallest absolute Gasteiger partial charge is 0.248 e. The van der Waals surface area contributed by atoms with Gasteiger partial charge in [0.25, 0.3) is 0 Å². The molecule has 1 fully saturated rings. The number of para-hydroxylation sites is 1. The summed E-state index contributed by atoms with van der Waals surface area (Å²) in [6.45, 7) is 3.51. The van der Waals surface area contributed by atoms with Crippen LogP contribution in [0.2, 0.25) is 0 Å². The van der Waals surface area contributed by atoms with Gasteiger partial charge >= 0.3 is 0 Å². The Bertz CT molecular complexity index is 2450. The van der Waals surface area contributed by atoms with Crippen molar-refractivity contribution in [3.8, 4) is 0 Å². The number of nitrogens with two attached hydrogens (primary N) is 2. The second kappa shape index (κ2) is 27.9. The summed E-state index contributed by atoms with van der Waals surface area (Å²) in [6, 6.07) is 18.0. The highest BCUT2D eigenvalue weighted by Gasteiger charge is 2.43. The molecule has 1 aliphatic rings. The molecule has 2 heterocycles. The first-order chi connectivity index (χ1) is 34.4. The predicted molar refractivity (Wildman–Crippen MR) is 278 cm³/mol. The molecule has 0 bridgehead atoms. The van der Waals surface area contributed by atoms with E-state index in [2.05, 4.69) is 36.9 Å². The molecule has 0 radical (unpaired) electrons. The Labute approximate surface area is 427 Å². The fraction of sp³-hybridized carbons (Fsp3) is 0.471. The van der Waals surface area contributed by atoms with E-state index in [1.165, 1.54) is 20.8 Å². The number of aromatic amines is 1. The topological polar surface area (TPSA) is 320 Å². The highest BCUT2D eigenvalue weighted by molar-refractivity contribution is 8.76. The minimum absolute atomic E-state index is 0.0358. The number of ketones is 1. The number of nitrogens with one attached hydrogen (secondary N) is 7. The second-order valence-electron chi connectivity index (χ2n) is 18.4. The van der Waals surface area contributed by atoms with Crippen molar-refractivity contribution in [1.82, 2.24) is 36.9 Å². The van der Waals surface area contributed by atoms with Crippen LogP contribution in [0.15, 0.2) is 91.1 Å². The molecule has 14 N–H and O–H groups in total. The molecular formula is C51H69N9O10S2. The van der Waals surface area contributed by atoms with Gasteiger partial charge in [0, 0.05) is 47.4 Å². The minimum atomic E-state index is -2.12. The van der Waals surface area contributed by atoms with Crippen LogP contribution in [0.25, 0.3) is 10.9 Å². The number of amides is 6. The molecule has 21 heteroatoms. The van der Waals surface area contributed by atoms with Crippen LogP contribution in [0.3, 0.4) is 0 Å². The normalized spacial score (nSPS) is 23.8. The summed E-state index contributed by atoms with van der Waals surface area (Å²) in [6.07, 6.45) is -0.422. The number of fused-ring (bicyclic) bond motifs is 1. The van der Waals surface area contributed by atoms with Crippen molar-refractivity contribution in [3.63, 3.8) is 0 Å². The zero-order valence-electron chi connectivity index (χ0n) is 40.8. The Morgan fingerprint density at radius 1 is 0.806 bits per heavy atom. The number of hydrogen-bond acceptors (Lipinski definition) is 14. The lowest BCUT2D eigenvalue weighted by molar-refractivity contribution is -0.141. The van der Waals surface area contributed by atoms with Gasteiger partial charge in [0.1, 0.15) is 23.7 Å². The molecule has 1 aromatic heterocycles. The van der Waals surface area contributed by atoms with Crippen LogP contribution < -0.4 is 43.4 Å². The molecule has 6 amide bonds. The summed E-state index contributed by atoms with van der Waals surface area (Å²) in [7, 11) is 2.12. The average Bonchev–Trinajstić information content (AvgIpc) is 3.77. The van der Waals surface area contributed by atoms with Gasteiger partial charge < -0.3 is 63.7 Å². The number of H-pyrrole nitrogens is 1. The lowest BCUT2D eigenvalue weighted by Crippen LogP contribution is -2.68. The number of aliphatic hydroxyl groups excluding tert-OH is 3. The molecular weight excluding hydrogens is 963 g/mol. The first-order valence-electron chi connectivity index (χ1n) is 24.1. The molecule has 72 heavy (non-hydrogen) atoms. The Balaban J connectivity index is 1.59. The highest BCUT2D eigenvalue weighted by Crippen LogP contribution is 2.26. The molecule has 1 aliphatic heterocycles. The van der Waals surface area contributed by atoms with Gasteiger partial charge in [-0.2, -0.15) is 0 Å². The van der Waals surface area contributed by atoms with Gasteiger partial charge in [-0.3, -0.25) is 33.6 Å². The largest absolute Gasteiger partial charge is 0.394 e. The van der Waals surface area contributed by atoms with Crippen LogP contribution in [-0.4, -0.2) is 140 Å². The maximum absolute atomic E-state index is 14.8. The van der Waals surface area contributed by atoms with Crippen LogP contribution >= 0.6 is 21.6 Å².